The van der Waals surface area contributed by atoms with Crippen LogP contribution in [0.1, 0.15) is 127 Å². The predicted octanol–water partition coefficient (Wildman–Crippen LogP) is 1.61. The second kappa shape index (κ2) is 24.8. The molecule has 18 N–H and O–H groups in total. The highest BCUT2D eigenvalue weighted by Crippen LogP contribution is 2.75. The van der Waals surface area contributed by atoms with Crippen LogP contribution in [0.4, 0.5) is 0 Å². The summed E-state index contributed by atoms with van der Waals surface area (Å²) in [6.45, 7) is 14.8. The van der Waals surface area contributed by atoms with Crippen molar-refractivity contribution in [3.8, 4) is 0 Å². The summed E-state index contributed by atoms with van der Waals surface area (Å²) in [5, 5.41) is 190. The lowest BCUT2D eigenvalue weighted by Crippen LogP contribution is -2.64. The van der Waals surface area contributed by atoms with E-state index in [0.29, 0.717) is 32.1 Å². The van der Waals surface area contributed by atoms with E-state index in [1.54, 1.807) is 0 Å². The summed E-state index contributed by atoms with van der Waals surface area (Å²) in [5.74, 6) is -5.99. The molecule has 23 heteroatoms. The average Bonchev–Trinajstić information content (AvgIpc) is 3.62. The van der Waals surface area contributed by atoms with E-state index in [9.17, 15) is 86.8 Å². The van der Waals surface area contributed by atoms with Gasteiger partial charge in [0.1, 0.15) is 42.7 Å². The summed E-state index contributed by atoms with van der Waals surface area (Å²) in [5.41, 5.74) is -2.45. The molecule has 0 spiro atoms. The maximum absolute atomic E-state index is 12.6. The van der Waals surface area contributed by atoms with Gasteiger partial charge in [0.05, 0.1) is 37.1 Å². The summed E-state index contributed by atoms with van der Waals surface area (Å²) in [6, 6.07) is 0. The topological polar surface area (TPSA) is 410 Å². The number of ether oxygens (including phenoxy) is 5. The summed E-state index contributed by atoms with van der Waals surface area (Å²) >= 11 is 0. The maximum atomic E-state index is 12.6. The number of hydrogen-bond acceptors (Lipinski definition) is 23. The third-order valence-corrected chi connectivity index (χ3v) is 18.5. The molecule has 3 saturated carbocycles. The van der Waals surface area contributed by atoms with E-state index in [-0.39, 0.29) is 47.3 Å². The SMILES string of the molecule is C[C@H](CC[C@@H](O[C@H](O)/C(O[C@@H]1OC(CO)[C@@H](O)C(O)C1O)=C(\O)[C@H](O)CCO[C@H](O)/C(O)=C(\O)[C@@H](C)O)C(C)(C)O)[C@H]1CC[C@@]2(C)[C@@H]3CC=C4[C@@H](CC[C@H](O[C@H](O)/C(O)=C(\O)[C@H](O)CCO)C4(C)C)[C@]3(C)[C@H](O)C[C@]12C. The Hall–Kier alpha value is -2.92. The number of allylic oxidation sites excluding steroid dienone is 1. The highest BCUT2D eigenvalue weighted by Gasteiger charge is 2.70. The third-order valence-electron chi connectivity index (χ3n) is 18.5. The molecule has 4 aliphatic carbocycles. The summed E-state index contributed by atoms with van der Waals surface area (Å²) in [4.78, 5) is 0. The van der Waals surface area contributed by atoms with Gasteiger partial charge in [-0.05, 0) is 107 Å². The van der Waals surface area contributed by atoms with Crippen molar-refractivity contribution in [2.24, 2.45) is 45.3 Å². The first-order valence-electron chi connectivity index (χ1n) is 26.5. The molecule has 1 saturated heterocycles. The van der Waals surface area contributed by atoms with Crippen LogP contribution in [0.25, 0.3) is 0 Å². The Morgan fingerprint density at radius 2 is 1.34 bits per heavy atom. The normalized spacial score (nSPS) is 37.8. The van der Waals surface area contributed by atoms with Crippen LogP contribution in [0.5, 0.6) is 0 Å². The Morgan fingerprint density at radius 1 is 0.724 bits per heavy atom. The average molecular weight is 1100 g/mol. The molecular weight excluding hydrogens is 1000 g/mol. The fourth-order valence-electron chi connectivity index (χ4n) is 13.6. The Bertz CT molecular complexity index is 2070. The Balaban J connectivity index is 1.34. The molecule has 3 unspecified atom stereocenters. The molecule has 5 aliphatic rings. The minimum atomic E-state index is -2.33. The van der Waals surface area contributed by atoms with Crippen molar-refractivity contribution in [1.82, 2.24) is 0 Å². The number of rotatable bonds is 24. The molecule has 1 heterocycles. The molecule has 0 radical (unpaired) electrons. The lowest BCUT2D eigenvalue weighted by atomic mass is 9.38. The minimum Gasteiger partial charge on any atom is -0.506 e. The van der Waals surface area contributed by atoms with Gasteiger partial charge in [-0.25, -0.2) is 0 Å². The van der Waals surface area contributed by atoms with Gasteiger partial charge in [0.25, 0.3) is 0 Å². The molecule has 4 fully saturated rings. The standard InChI is InChI=1S/C53H90O23/c1-24(26-16-19-51(7)32-13-11-27-28(53(32,9)33(59)22-52(26,51)8)12-15-34(49(27,3)4)74-46(69)42(66)37(61)29(57)17-20-54)10-14-35(50(5,6)71)75-47(70)44(76-48-43(67)40(64)39(63)31(23-55)73-48)38(62)30(58)18-21-72-45(68)41(65)36(60)25(2)56/h11,24-26,28-35,39-40,43,45-48,54-71H,10,12-23H2,1-9H3/b41-36+,42-37+,44-38+/t24-,25-,26-,28-,29-,30-,31?,32+,33-,34+,35-,39-,40?,43?,45+,46+,47+,48+,51+,52-,53+/m1/s1. The highest BCUT2D eigenvalue weighted by molar-refractivity contribution is 5.32. The predicted molar refractivity (Wildman–Crippen MR) is 268 cm³/mol. The molecule has 0 bridgehead atoms. The fraction of sp³-hybridized carbons (Fsp3) is 0.849. The largest absolute Gasteiger partial charge is 0.506 e. The first-order valence-corrected chi connectivity index (χ1v) is 26.5. The minimum absolute atomic E-state index is 0.0426. The van der Waals surface area contributed by atoms with Crippen molar-refractivity contribution in [2.45, 2.75) is 218 Å². The molecule has 0 amide bonds. The van der Waals surface area contributed by atoms with Crippen LogP contribution in [-0.4, -0.2) is 204 Å². The summed E-state index contributed by atoms with van der Waals surface area (Å²) < 4.78 is 28.1. The second-order valence-electron chi connectivity index (χ2n) is 23.9. The van der Waals surface area contributed by atoms with Gasteiger partial charge < -0.3 is 116 Å². The van der Waals surface area contributed by atoms with Crippen molar-refractivity contribution in [3.63, 3.8) is 0 Å². The van der Waals surface area contributed by atoms with Gasteiger partial charge in [0, 0.05) is 30.3 Å². The molecule has 21 atom stereocenters. The van der Waals surface area contributed by atoms with Crippen molar-refractivity contribution in [2.75, 3.05) is 19.8 Å². The van der Waals surface area contributed by atoms with Crippen molar-refractivity contribution in [1.29, 1.82) is 0 Å². The number of aliphatic hydroxyl groups excluding tert-OH is 17. The van der Waals surface area contributed by atoms with Gasteiger partial charge in [-0.15, -0.1) is 0 Å². The molecule has 0 aromatic heterocycles. The number of hydrogen-bond donors (Lipinski definition) is 18. The van der Waals surface area contributed by atoms with Crippen molar-refractivity contribution >= 4 is 0 Å². The highest BCUT2D eigenvalue weighted by atomic mass is 16.7. The van der Waals surface area contributed by atoms with Gasteiger partial charge in [-0.3, -0.25) is 0 Å². The fourth-order valence-corrected chi connectivity index (χ4v) is 13.6. The maximum Gasteiger partial charge on any atom is 0.229 e. The zero-order valence-electron chi connectivity index (χ0n) is 45.3. The Labute approximate surface area is 444 Å². The van der Waals surface area contributed by atoms with Crippen LogP contribution in [0, 0.1) is 45.3 Å². The van der Waals surface area contributed by atoms with Crippen LogP contribution >= 0.6 is 0 Å². The second-order valence-corrected chi connectivity index (χ2v) is 23.9. The smallest absolute Gasteiger partial charge is 0.229 e. The van der Waals surface area contributed by atoms with E-state index >= 15 is 0 Å². The van der Waals surface area contributed by atoms with E-state index in [2.05, 4.69) is 33.8 Å². The van der Waals surface area contributed by atoms with Gasteiger partial charge in [-0.2, -0.15) is 0 Å². The third kappa shape index (κ3) is 12.5. The Kier molecular flexibility index (Phi) is 20.9. The first kappa shape index (κ1) is 63.9. The molecule has 5 rings (SSSR count). The van der Waals surface area contributed by atoms with E-state index in [1.807, 2.05) is 13.8 Å². The Morgan fingerprint density at radius 3 is 1.93 bits per heavy atom. The summed E-state index contributed by atoms with van der Waals surface area (Å²) in [7, 11) is 0. The van der Waals surface area contributed by atoms with Crippen molar-refractivity contribution in [3.05, 3.63) is 46.2 Å². The quantitative estimate of drug-likeness (QED) is 0.0371. The molecule has 0 aromatic rings. The van der Waals surface area contributed by atoms with Gasteiger partial charge >= 0.3 is 0 Å². The van der Waals surface area contributed by atoms with Crippen molar-refractivity contribution < 1.29 is 116 Å². The molecular formula is C53H90O23. The molecule has 76 heavy (non-hydrogen) atoms. The van der Waals surface area contributed by atoms with Gasteiger partial charge in [-0.1, -0.05) is 53.2 Å². The number of aliphatic hydroxyl groups is 18. The van der Waals surface area contributed by atoms with Gasteiger partial charge in [0.2, 0.25) is 25.2 Å². The zero-order valence-corrected chi connectivity index (χ0v) is 45.3. The van der Waals surface area contributed by atoms with E-state index in [1.165, 1.54) is 13.8 Å². The number of fused-ring (bicyclic) bond motifs is 5. The van der Waals surface area contributed by atoms with E-state index in [4.69, 9.17) is 28.8 Å². The van der Waals surface area contributed by atoms with Crippen LogP contribution in [0.3, 0.4) is 0 Å². The molecule has 0 aromatic carbocycles. The van der Waals surface area contributed by atoms with Crippen LogP contribution < -0.4 is 0 Å². The van der Waals surface area contributed by atoms with Crippen LogP contribution in [0.15, 0.2) is 46.2 Å². The van der Waals surface area contributed by atoms with Crippen LogP contribution in [-0.2, 0) is 23.7 Å². The van der Waals surface area contributed by atoms with E-state index < -0.39 is 163 Å². The molecule has 440 valence electrons. The van der Waals surface area contributed by atoms with E-state index in [0.717, 1.165) is 25.3 Å². The van der Waals surface area contributed by atoms with Crippen LogP contribution in [0.2, 0.25) is 0 Å². The van der Waals surface area contributed by atoms with Gasteiger partial charge in [0.15, 0.2) is 34.6 Å². The summed E-state index contributed by atoms with van der Waals surface area (Å²) in [6.07, 6.45) is -17.6. The lowest BCUT2D eigenvalue weighted by molar-refractivity contribution is -0.302. The molecule has 1 aliphatic heterocycles. The monoisotopic (exact) mass is 1090 g/mol. The zero-order chi connectivity index (χ0) is 57.4. The lowest BCUT2D eigenvalue weighted by Gasteiger charge is -2.67. The molecule has 23 nitrogen and oxygen atoms in total. The first-order chi connectivity index (χ1) is 35.2.